The lowest BCUT2D eigenvalue weighted by atomic mass is 10.3. The Labute approximate surface area is 86.1 Å². The molecule has 0 aromatic heterocycles. The lowest BCUT2D eigenvalue weighted by molar-refractivity contribution is -0.135. The van der Waals surface area contributed by atoms with E-state index < -0.39 is 0 Å². The summed E-state index contributed by atoms with van der Waals surface area (Å²) >= 11 is 1.41. The third-order valence-corrected chi connectivity index (χ3v) is 2.93. The Bertz CT molecular complexity index is 401. The molecule has 1 heterocycles. The zero-order chi connectivity index (χ0) is 9.97. The second-order valence-corrected chi connectivity index (χ2v) is 3.83. The predicted octanol–water partition coefficient (Wildman–Crippen LogP) is 2.22. The Morgan fingerprint density at radius 1 is 1.43 bits per heavy atom. The maximum Gasteiger partial charge on any atom is 0.346 e. The summed E-state index contributed by atoms with van der Waals surface area (Å²) in [6.45, 7) is 0. The number of hydrogen-bond donors (Lipinski definition) is 1. The minimum atomic E-state index is -0.308. The first-order chi connectivity index (χ1) is 6.81. The highest BCUT2D eigenvalue weighted by molar-refractivity contribution is 8.04. The van der Waals surface area contributed by atoms with Crippen molar-refractivity contribution in [2.45, 2.75) is 4.90 Å². The molecule has 0 atom stereocenters. The van der Waals surface area contributed by atoms with Gasteiger partial charge in [-0.3, -0.25) is 0 Å². The van der Waals surface area contributed by atoms with Gasteiger partial charge in [-0.2, -0.15) is 0 Å². The molecule has 1 aliphatic rings. The first kappa shape index (κ1) is 9.15. The molecule has 0 unspecified atom stereocenters. The number of esters is 1. The Morgan fingerprint density at radius 2 is 2.21 bits per heavy atom. The highest BCUT2D eigenvalue weighted by Crippen LogP contribution is 2.36. The maximum atomic E-state index is 11.2. The normalized spacial score (nSPS) is 13.6. The van der Waals surface area contributed by atoms with Gasteiger partial charge in [0.15, 0.2) is 0 Å². The molecule has 0 radical (unpaired) electrons. The average molecular weight is 207 g/mol. The third kappa shape index (κ3) is 1.61. The van der Waals surface area contributed by atoms with E-state index in [4.69, 9.17) is 0 Å². The van der Waals surface area contributed by atoms with E-state index >= 15 is 0 Å². The quantitative estimate of drug-likeness (QED) is 0.716. The molecular formula is C10H9NO2S. The summed E-state index contributed by atoms with van der Waals surface area (Å²) in [5.41, 5.74) is 1.02. The van der Waals surface area contributed by atoms with E-state index in [0.29, 0.717) is 4.91 Å². The van der Waals surface area contributed by atoms with Crippen molar-refractivity contribution in [2.24, 2.45) is 0 Å². The molecular weight excluding hydrogens is 198 g/mol. The molecule has 0 spiro atoms. The number of hydrogen-bond acceptors (Lipinski definition) is 4. The SMILES string of the molecule is COC(=O)C1=CNc2ccccc2S1. The van der Waals surface area contributed by atoms with Crippen molar-refractivity contribution in [1.29, 1.82) is 0 Å². The van der Waals surface area contributed by atoms with Gasteiger partial charge in [0.25, 0.3) is 0 Å². The van der Waals surface area contributed by atoms with Crippen LogP contribution in [0.5, 0.6) is 0 Å². The van der Waals surface area contributed by atoms with E-state index in [1.807, 2.05) is 24.3 Å². The summed E-state index contributed by atoms with van der Waals surface area (Å²) in [6, 6.07) is 7.81. The van der Waals surface area contributed by atoms with Gasteiger partial charge in [0, 0.05) is 11.1 Å². The highest BCUT2D eigenvalue weighted by Gasteiger charge is 2.17. The van der Waals surface area contributed by atoms with Crippen LogP contribution in [-0.4, -0.2) is 13.1 Å². The summed E-state index contributed by atoms with van der Waals surface area (Å²) in [5, 5.41) is 3.04. The van der Waals surface area contributed by atoms with Gasteiger partial charge in [0.1, 0.15) is 4.91 Å². The first-order valence-electron chi connectivity index (χ1n) is 4.13. The number of carbonyl (C=O) groups is 1. The lowest BCUT2D eigenvalue weighted by Gasteiger charge is -2.15. The van der Waals surface area contributed by atoms with Crippen LogP contribution >= 0.6 is 11.8 Å². The molecule has 0 aliphatic carbocycles. The predicted molar refractivity (Wildman–Crippen MR) is 56.0 cm³/mol. The molecule has 72 valence electrons. The van der Waals surface area contributed by atoms with Crippen LogP contribution in [0.2, 0.25) is 0 Å². The van der Waals surface area contributed by atoms with E-state index in [9.17, 15) is 4.79 Å². The molecule has 0 saturated carbocycles. The Kier molecular flexibility index (Phi) is 2.45. The van der Waals surface area contributed by atoms with Crippen LogP contribution < -0.4 is 5.32 Å². The van der Waals surface area contributed by atoms with Gasteiger partial charge in [0.2, 0.25) is 0 Å². The number of nitrogens with one attached hydrogen (secondary N) is 1. The molecule has 3 nitrogen and oxygen atoms in total. The minimum Gasteiger partial charge on any atom is -0.465 e. The molecule has 2 rings (SSSR count). The Morgan fingerprint density at radius 3 is 3.00 bits per heavy atom. The smallest absolute Gasteiger partial charge is 0.346 e. The van der Waals surface area contributed by atoms with Crippen LogP contribution in [0.1, 0.15) is 0 Å². The van der Waals surface area contributed by atoms with Gasteiger partial charge >= 0.3 is 5.97 Å². The van der Waals surface area contributed by atoms with Crippen molar-refractivity contribution in [3.8, 4) is 0 Å². The number of para-hydroxylation sites is 1. The van der Waals surface area contributed by atoms with Gasteiger partial charge in [-0.25, -0.2) is 4.79 Å². The van der Waals surface area contributed by atoms with Crippen molar-refractivity contribution in [3.05, 3.63) is 35.4 Å². The average Bonchev–Trinajstić information content (AvgIpc) is 2.27. The second-order valence-electron chi connectivity index (χ2n) is 2.74. The molecule has 14 heavy (non-hydrogen) atoms. The summed E-state index contributed by atoms with van der Waals surface area (Å²) in [6.07, 6.45) is 1.67. The zero-order valence-corrected chi connectivity index (χ0v) is 8.43. The van der Waals surface area contributed by atoms with Crippen molar-refractivity contribution < 1.29 is 9.53 Å². The first-order valence-corrected chi connectivity index (χ1v) is 4.95. The molecule has 4 heteroatoms. The number of anilines is 1. The third-order valence-electron chi connectivity index (χ3n) is 1.85. The van der Waals surface area contributed by atoms with Crippen LogP contribution in [0.15, 0.2) is 40.3 Å². The molecule has 0 bridgehead atoms. The van der Waals surface area contributed by atoms with Crippen molar-refractivity contribution in [3.63, 3.8) is 0 Å². The zero-order valence-electron chi connectivity index (χ0n) is 7.61. The van der Waals surface area contributed by atoms with E-state index in [1.54, 1.807) is 6.20 Å². The van der Waals surface area contributed by atoms with Crippen molar-refractivity contribution >= 4 is 23.4 Å². The second kappa shape index (κ2) is 3.75. The van der Waals surface area contributed by atoms with Crippen LogP contribution in [0, 0.1) is 0 Å². The molecule has 0 amide bonds. The number of methoxy groups -OCH3 is 1. The molecule has 0 saturated heterocycles. The molecule has 1 N–H and O–H groups in total. The Hall–Kier alpha value is -1.42. The van der Waals surface area contributed by atoms with Gasteiger partial charge in [-0.1, -0.05) is 23.9 Å². The standard InChI is InChI=1S/C10H9NO2S/c1-13-10(12)9-6-11-7-4-2-3-5-8(7)14-9/h2-6,11H,1H3. The molecule has 1 aliphatic heterocycles. The number of ether oxygens (including phenoxy) is 1. The van der Waals surface area contributed by atoms with Crippen LogP contribution in [0.25, 0.3) is 0 Å². The van der Waals surface area contributed by atoms with E-state index in [-0.39, 0.29) is 5.97 Å². The fraction of sp³-hybridized carbons (Fsp3) is 0.100. The highest BCUT2D eigenvalue weighted by atomic mass is 32.2. The fourth-order valence-electron chi connectivity index (χ4n) is 1.17. The van der Waals surface area contributed by atoms with Crippen LogP contribution in [0.4, 0.5) is 5.69 Å². The summed E-state index contributed by atoms with van der Waals surface area (Å²) in [7, 11) is 1.38. The number of fused-ring (bicyclic) bond motifs is 1. The molecule has 0 fully saturated rings. The number of benzene rings is 1. The Balaban J connectivity index is 2.25. The topological polar surface area (TPSA) is 38.3 Å². The minimum absolute atomic E-state index is 0.308. The molecule has 1 aromatic carbocycles. The monoisotopic (exact) mass is 207 g/mol. The fourth-order valence-corrected chi connectivity index (χ4v) is 2.07. The lowest BCUT2D eigenvalue weighted by Crippen LogP contribution is -2.07. The number of rotatable bonds is 1. The maximum absolute atomic E-state index is 11.2. The van der Waals surface area contributed by atoms with Gasteiger partial charge < -0.3 is 10.1 Å². The summed E-state index contributed by atoms with van der Waals surface area (Å²) in [5.74, 6) is -0.308. The van der Waals surface area contributed by atoms with E-state index in [0.717, 1.165) is 10.6 Å². The van der Waals surface area contributed by atoms with Gasteiger partial charge in [0.05, 0.1) is 12.8 Å². The molecule has 1 aromatic rings. The van der Waals surface area contributed by atoms with Crippen molar-refractivity contribution in [1.82, 2.24) is 0 Å². The summed E-state index contributed by atoms with van der Waals surface area (Å²) in [4.78, 5) is 12.8. The van der Waals surface area contributed by atoms with E-state index in [1.165, 1.54) is 18.9 Å². The largest absolute Gasteiger partial charge is 0.465 e. The van der Waals surface area contributed by atoms with Crippen LogP contribution in [0.3, 0.4) is 0 Å². The van der Waals surface area contributed by atoms with Gasteiger partial charge in [-0.05, 0) is 12.1 Å². The van der Waals surface area contributed by atoms with Crippen molar-refractivity contribution in [2.75, 3.05) is 12.4 Å². The van der Waals surface area contributed by atoms with E-state index in [2.05, 4.69) is 10.1 Å². The number of carbonyl (C=O) groups excluding carboxylic acids is 1. The summed E-state index contributed by atoms with van der Waals surface area (Å²) < 4.78 is 4.64. The number of thioether (sulfide) groups is 1. The van der Waals surface area contributed by atoms with Crippen LogP contribution in [-0.2, 0) is 9.53 Å². The van der Waals surface area contributed by atoms with Gasteiger partial charge in [-0.15, -0.1) is 0 Å².